The summed E-state index contributed by atoms with van der Waals surface area (Å²) in [5.41, 5.74) is 1.49. The molecule has 0 unspecified atom stereocenters. The summed E-state index contributed by atoms with van der Waals surface area (Å²) in [6.07, 6.45) is 3.82. The van der Waals surface area contributed by atoms with Crippen LogP contribution < -0.4 is 10.6 Å². The molecule has 5 nitrogen and oxygen atoms in total. The van der Waals surface area contributed by atoms with Crippen molar-refractivity contribution in [3.63, 3.8) is 0 Å². The quantitative estimate of drug-likeness (QED) is 0.276. The number of thioether (sulfide) groups is 1. The molecule has 0 radical (unpaired) electrons. The smallest absolute Gasteiger partial charge is 0.330 e. The zero-order valence-corrected chi connectivity index (χ0v) is 16.4. The van der Waals surface area contributed by atoms with Crippen LogP contribution >= 0.6 is 11.8 Å². The molecule has 2 rings (SSSR count). The Kier molecular flexibility index (Phi) is 9.07. The topological polar surface area (TPSA) is 67.4 Å². The third kappa shape index (κ3) is 8.26. The van der Waals surface area contributed by atoms with Gasteiger partial charge in [0.25, 0.3) is 0 Å². The lowest BCUT2D eigenvalue weighted by molar-refractivity contribution is -0.137. The summed E-state index contributed by atoms with van der Waals surface area (Å²) in [5.74, 6) is 0.195. The van der Waals surface area contributed by atoms with Crippen molar-refractivity contribution in [2.75, 3.05) is 24.2 Å². The molecule has 0 spiro atoms. The molecule has 2 amide bonds. The fourth-order valence-corrected chi connectivity index (χ4v) is 3.06. The molecule has 0 fully saturated rings. The van der Waals surface area contributed by atoms with E-state index in [1.807, 2.05) is 0 Å². The summed E-state index contributed by atoms with van der Waals surface area (Å²) in [6, 6.07) is 13.2. The lowest BCUT2D eigenvalue weighted by Gasteiger charge is -2.08. The summed E-state index contributed by atoms with van der Waals surface area (Å²) in [6.45, 7) is 2.63. The summed E-state index contributed by atoms with van der Waals surface area (Å²) in [4.78, 5) is 24.2. The van der Waals surface area contributed by atoms with Gasteiger partial charge in [0, 0.05) is 23.2 Å². The highest BCUT2D eigenvalue weighted by molar-refractivity contribution is 7.99. The molecule has 2 aromatic carbocycles. The van der Waals surface area contributed by atoms with E-state index in [1.165, 1.54) is 18.2 Å². The molecule has 0 aliphatic rings. The summed E-state index contributed by atoms with van der Waals surface area (Å²) in [7, 11) is 0. The SMILES string of the molecule is CCOC(=O)/C=C/c1ccc(NC(=O)NCCCSc2ccc(F)cc2)cc1. The van der Waals surface area contributed by atoms with E-state index in [2.05, 4.69) is 10.6 Å². The first-order valence-electron chi connectivity index (χ1n) is 8.95. The Labute approximate surface area is 168 Å². The number of ether oxygens (including phenoxy) is 1. The van der Waals surface area contributed by atoms with Gasteiger partial charge in [-0.2, -0.15) is 0 Å². The number of rotatable bonds is 9. The standard InChI is InChI=1S/C21H23FN2O3S/c1-2-27-20(25)13-6-16-4-9-18(10-5-16)24-21(26)23-14-3-15-28-19-11-7-17(22)8-12-19/h4-13H,2-3,14-15H2,1H3,(H2,23,24,26)/b13-6+. The molecule has 148 valence electrons. The molecule has 28 heavy (non-hydrogen) atoms. The van der Waals surface area contributed by atoms with Crippen molar-refractivity contribution in [1.29, 1.82) is 0 Å². The minimum absolute atomic E-state index is 0.245. The van der Waals surface area contributed by atoms with Gasteiger partial charge in [-0.05, 0) is 67.1 Å². The Bertz CT molecular complexity index is 792. The van der Waals surface area contributed by atoms with E-state index >= 15 is 0 Å². The van der Waals surface area contributed by atoms with Crippen LogP contribution in [-0.2, 0) is 9.53 Å². The molecule has 0 heterocycles. The van der Waals surface area contributed by atoms with Crippen molar-refractivity contribution in [3.05, 3.63) is 66.0 Å². The van der Waals surface area contributed by atoms with Crippen molar-refractivity contribution < 1.29 is 18.7 Å². The summed E-state index contributed by atoms with van der Waals surface area (Å²) in [5, 5.41) is 5.55. The van der Waals surface area contributed by atoms with Crippen molar-refractivity contribution >= 4 is 35.5 Å². The van der Waals surface area contributed by atoms with Gasteiger partial charge in [0.15, 0.2) is 0 Å². The number of carbonyl (C=O) groups is 2. The second-order valence-corrected chi connectivity index (χ2v) is 6.91. The number of hydrogen-bond acceptors (Lipinski definition) is 4. The minimum atomic E-state index is -0.387. The van der Waals surface area contributed by atoms with Gasteiger partial charge in [0.2, 0.25) is 0 Å². The molecule has 2 aromatic rings. The minimum Gasteiger partial charge on any atom is -0.463 e. The van der Waals surface area contributed by atoms with Crippen LogP contribution in [0.2, 0.25) is 0 Å². The van der Waals surface area contributed by atoms with Gasteiger partial charge in [0.05, 0.1) is 6.61 Å². The van der Waals surface area contributed by atoms with Gasteiger partial charge < -0.3 is 15.4 Å². The number of benzene rings is 2. The maximum Gasteiger partial charge on any atom is 0.330 e. The molecule has 0 atom stereocenters. The van der Waals surface area contributed by atoms with Gasteiger partial charge in [-0.15, -0.1) is 11.8 Å². The Hall–Kier alpha value is -2.80. The summed E-state index contributed by atoms with van der Waals surface area (Å²) >= 11 is 1.62. The average Bonchev–Trinajstić information content (AvgIpc) is 2.69. The van der Waals surface area contributed by atoms with E-state index in [0.717, 1.165) is 22.6 Å². The van der Waals surface area contributed by atoms with Crippen LogP contribution in [0.25, 0.3) is 6.08 Å². The predicted molar refractivity (Wildman–Crippen MR) is 111 cm³/mol. The third-order valence-electron chi connectivity index (χ3n) is 3.56. The van der Waals surface area contributed by atoms with Gasteiger partial charge in [-0.1, -0.05) is 12.1 Å². The van der Waals surface area contributed by atoms with Crippen LogP contribution in [-0.4, -0.2) is 30.9 Å². The fraction of sp³-hybridized carbons (Fsp3) is 0.238. The normalized spacial score (nSPS) is 10.6. The van der Waals surface area contributed by atoms with Crippen molar-refractivity contribution in [1.82, 2.24) is 5.32 Å². The van der Waals surface area contributed by atoms with Gasteiger partial charge in [0.1, 0.15) is 5.82 Å². The Morgan fingerprint density at radius 2 is 1.82 bits per heavy atom. The van der Waals surface area contributed by atoms with Crippen LogP contribution in [0, 0.1) is 5.82 Å². The molecule has 2 N–H and O–H groups in total. The first kappa shape index (κ1) is 21.5. The summed E-state index contributed by atoms with van der Waals surface area (Å²) < 4.78 is 17.6. The van der Waals surface area contributed by atoms with Crippen molar-refractivity contribution in [2.24, 2.45) is 0 Å². The molecule has 7 heteroatoms. The number of hydrogen-bond donors (Lipinski definition) is 2. The molecular weight excluding hydrogens is 379 g/mol. The molecular formula is C21H23FN2O3S. The number of halogens is 1. The van der Waals surface area contributed by atoms with Gasteiger partial charge >= 0.3 is 12.0 Å². The van der Waals surface area contributed by atoms with Crippen LogP contribution in [0.4, 0.5) is 14.9 Å². The van der Waals surface area contributed by atoms with E-state index < -0.39 is 0 Å². The largest absolute Gasteiger partial charge is 0.463 e. The zero-order chi connectivity index (χ0) is 20.2. The number of urea groups is 1. The molecule has 0 aliphatic heterocycles. The fourth-order valence-electron chi connectivity index (χ4n) is 2.20. The van der Waals surface area contributed by atoms with Gasteiger partial charge in [-0.25, -0.2) is 14.0 Å². The predicted octanol–water partition coefficient (Wildman–Crippen LogP) is 4.71. The van der Waals surface area contributed by atoms with E-state index in [9.17, 15) is 14.0 Å². The zero-order valence-electron chi connectivity index (χ0n) is 15.6. The van der Waals surface area contributed by atoms with E-state index in [-0.39, 0.29) is 17.8 Å². The highest BCUT2D eigenvalue weighted by Gasteiger charge is 2.02. The Morgan fingerprint density at radius 3 is 2.50 bits per heavy atom. The number of esters is 1. The van der Waals surface area contributed by atoms with Crippen molar-refractivity contribution in [2.45, 2.75) is 18.2 Å². The maximum absolute atomic E-state index is 12.8. The number of amides is 2. The monoisotopic (exact) mass is 402 g/mol. The van der Waals surface area contributed by atoms with Crippen LogP contribution in [0.1, 0.15) is 18.9 Å². The van der Waals surface area contributed by atoms with Gasteiger partial charge in [-0.3, -0.25) is 0 Å². The van der Waals surface area contributed by atoms with Crippen LogP contribution in [0.5, 0.6) is 0 Å². The number of nitrogens with one attached hydrogen (secondary N) is 2. The first-order chi connectivity index (χ1) is 13.6. The Morgan fingerprint density at radius 1 is 1.11 bits per heavy atom. The average molecular weight is 402 g/mol. The number of anilines is 1. The molecule has 0 bridgehead atoms. The van der Waals surface area contributed by atoms with E-state index in [1.54, 1.807) is 61.2 Å². The Balaban J connectivity index is 1.65. The first-order valence-corrected chi connectivity index (χ1v) is 9.93. The van der Waals surface area contributed by atoms with Crippen molar-refractivity contribution in [3.8, 4) is 0 Å². The highest BCUT2D eigenvalue weighted by atomic mass is 32.2. The van der Waals surface area contributed by atoms with E-state index in [0.29, 0.717) is 18.8 Å². The lowest BCUT2D eigenvalue weighted by Crippen LogP contribution is -2.29. The third-order valence-corrected chi connectivity index (χ3v) is 4.65. The van der Waals surface area contributed by atoms with E-state index in [4.69, 9.17) is 4.74 Å². The van der Waals surface area contributed by atoms with Crippen LogP contribution in [0.3, 0.4) is 0 Å². The second-order valence-electron chi connectivity index (χ2n) is 5.74. The highest BCUT2D eigenvalue weighted by Crippen LogP contribution is 2.18. The molecule has 0 saturated carbocycles. The lowest BCUT2D eigenvalue weighted by atomic mass is 10.2. The maximum atomic E-state index is 12.8. The van der Waals surface area contributed by atoms with Crippen LogP contribution in [0.15, 0.2) is 59.5 Å². The number of carbonyl (C=O) groups excluding carboxylic acids is 2. The molecule has 0 aliphatic carbocycles. The molecule has 0 aromatic heterocycles. The molecule has 0 saturated heterocycles. The second kappa shape index (κ2) is 11.8.